The topological polar surface area (TPSA) is 95.5 Å². The highest BCUT2D eigenvalue weighted by Gasteiger charge is 2.12. The standard InChI is InChI=1S/C16H14N2O4/c1-10(19)17-12-8-6-11(7-9-12)15(20)18-14-5-3-2-4-13(14)16(21)22/h2-9H,1H3,(H,17,19)(H,18,20)(H,21,22). The molecule has 0 unspecified atom stereocenters. The minimum atomic E-state index is -1.11. The van der Waals surface area contributed by atoms with E-state index in [4.69, 9.17) is 5.11 Å². The first kappa shape index (κ1) is 15.2. The summed E-state index contributed by atoms with van der Waals surface area (Å²) in [7, 11) is 0. The van der Waals surface area contributed by atoms with Crippen molar-refractivity contribution in [3.05, 3.63) is 59.7 Å². The van der Waals surface area contributed by atoms with E-state index in [1.165, 1.54) is 19.1 Å². The van der Waals surface area contributed by atoms with E-state index in [9.17, 15) is 14.4 Å². The molecular weight excluding hydrogens is 284 g/mol. The van der Waals surface area contributed by atoms with Crippen LogP contribution in [0.3, 0.4) is 0 Å². The van der Waals surface area contributed by atoms with Gasteiger partial charge in [-0.1, -0.05) is 12.1 Å². The van der Waals surface area contributed by atoms with Gasteiger partial charge in [-0.05, 0) is 36.4 Å². The lowest BCUT2D eigenvalue weighted by Gasteiger charge is -2.09. The second kappa shape index (κ2) is 6.53. The largest absolute Gasteiger partial charge is 0.478 e. The molecule has 0 heterocycles. The zero-order valence-electron chi connectivity index (χ0n) is 11.8. The van der Waals surface area contributed by atoms with Gasteiger partial charge in [0.05, 0.1) is 11.3 Å². The zero-order chi connectivity index (χ0) is 16.1. The quantitative estimate of drug-likeness (QED) is 0.808. The van der Waals surface area contributed by atoms with E-state index < -0.39 is 11.9 Å². The summed E-state index contributed by atoms with van der Waals surface area (Å²) >= 11 is 0. The Hall–Kier alpha value is -3.15. The van der Waals surface area contributed by atoms with Crippen LogP contribution in [0.5, 0.6) is 0 Å². The van der Waals surface area contributed by atoms with Crippen molar-refractivity contribution in [2.75, 3.05) is 10.6 Å². The number of amides is 2. The highest BCUT2D eigenvalue weighted by Crippen LogP contribution is 2.17. The fourth-order valence-electron chi connectivity index (χ4n) is 1.88. The van der Waals surface area contributed by atoms with Crippen LogP contribution in [0, 0.1) is 0 Å². The van der Waals surface area contributed by atoms with Gasteiger partial charge in [0.1, 0.15) is 0 Å². The Morgan fingerprint density at radius 2 is 1.55 bits per heavy atom. The van der Waals surface area contributed by atoms with Crippen LogP contribution in [0.4, 0.5) is 11.4 Å². The van der Waals surface area contributed by atoms with Gasteiger partial charge in [-0.15, -0.1) is 0 Å². The minimum Gasteiger partial charge on any atom is -0.478 e. The van der Waals surface area contributed by atoms with Crippen LogP contribution >= 0.6 is 0 Å². The Morgan fingerprint density at radius 1 is 0.909 bits per heavy atom. The van der Waals surface area contributed by atoms with Crippen molar-refractivity contribution in [1.29, 1.82) is 0 Å². The predicted octanol–water partition coefficient (Wildman–Crippen LogP) is 2.60. The van der Waals surface area contributed by atoms with Gasteiger partial charge >= 0.3 is 5.97 Å². The Balaban J connectivity index is 2.16. The van der Waals surface area contributed by atoms with Crippen LogP contribution in [0.1, 0.15) is 27.6 Å². The number of anilines is 2. The lowest BCUT2D eigenvalue weighted by atomic mass is 10.1. The molecule has 0 fully saturated rings. The van der Waals surface area contributed by atoms with Crippen LogP contribution in [0.25, 0.3) is 0 Å². The average molecular weight is 298 g/mol. The molecule has 2 rings (SSSR count). The van der Waals surface area contributed by atoms with Crippen LogP contribution in [-0.4, -0.2) is 22.9 Å². The number of carboxylic acids is 1. The Kier molecular flexibility index (Phi) is 4.53. The number of carboxylic acid groups (broad SMARTS) is 1. The molecule has 0 radical (unpaired) electrons. The SMILES string of the molecule is CC(=O)Nc1ccc(C(=O)Nc2ccccc2C(=O)O)cc1. The van der Waals surface area contributed by atoms with Crippen molar-refractivity contribution >= 4 is 29.2 Å². The molecule has 0 bridgehead atoms. The molecule has 22 heavy (non-hydrogen) atoms. The predicted molar refractivity (Wildman–Crippen MR) is 82.1 cm³/mol. The maximum absolute atomic E-state index is 12.1. The first-order valence-electron chi connectivity index (χ1n) is 6.48. The molecule has 0 aliphatic carbocycles. The smallest absolute Gasteiger partial charge is 0.337 e. The van der Waals surface area contributed by atoms with E-state index in [1.807, 2.05) is 0 Å². The molecular formula is C16H14N2O4. The fourth-order valence-corrected chi connectivity index (χ4v) is 1.88. The number of carbonyl (C=O) groups is 3. The van der Waals surface area contributed by atoms with E-state index in [-0.39, 0.29) is 17.2 Å². The number of benzene rings is 2. The molecule has 3 N–H and O–H groups in total. The molecule has 2 aromatic carbocycles. The molecule has 0 aromatic heterocycles. The third-order valence-corrected chi connectivity index (χ3v) is 2.87. The summed E-state index contributed by atoms with van der Waals surface area (Å²) in [6.07, 6.45) is 0. The monoisotopic (exact) mass is 298 g/mol. The number of nitrogens with one attached hydrogen (secondary N) is 2. The molecule has 0 aliphatic heterocycles. The van der Waals surface area contributed by atoms with Crippen molar-refractivity contribution in [2.45, 2.75) is 6.92 Å². The summed E-state index contributed by atoms with van der Waals surface area (Å²) in [5.41, 5.74) is 1.18. The van der Waals surface area contributed by atoms with E-state index in [0.717, 1.165) is 0 Å². The maximum atomic E-state index is 12.1. The summed E-state index contributed by atoms with van der Waals surface area (Å²) in [4.78, 5) is 34.2. The van der Waals surface area contributed by atoms with Gasteiger partial charge < -0.3 is 15.7 Å². The van der Waals surface area contributed by atoms with Crippen molar-refractivity contribution in [3.8, 4) is 0 Å². The highest BCUT2D eigenvalue weighted by molar-refractivity contribution is 6.07. The van der Waals surface area contributed by atoms with Gasteiger partial charge in [-0.3, -0.25) is 9.59 Å². The molecule has 0 saturated carbocycles. The van der Waals surface area contributed by atoms with Gasteiger partial charge in [-0.25, -0.2) is 4.79 Å². The molecule has 2 aromatic rings. The fraction of sp³-hybridized carbons (Fsp3) is 0.0625. The van der Waals surface area contributed by atoms with Crippen LogP contribution in [0.2, 0.25) is 0 Å². The van der Waals surface area contributed by atoms with E-state index in [2.05, 4.69) is 10.6 Å². The molecule has 0 saturated heterocycles. The summed E-state index contributed by atoms with van der Waals surface area (Å²) in [5, 5.41) is 14.2. The van der Waals surface area contributed by atoms with Crippen LogP contribution < -0.4 is 10.6 Å². The number of hydrogen-bond donors (Lipinski definition) is 3. The second-order valence-corrected chi connectivity index (χ2v) is 4.56. The summed E-state index contributed by atoms with van der Waals surface area (Å²) < 4.78 is 0. The van der Waals surface area contributed by atoms with E-state index >= 15 is 0 Å². The van der Waals surface area contributed by atoms with E-state index in [0.29, 0.717) is 11.3 Å². The minimum absolute atomic E-state index is 0.0192. The number of rotatable bonds is 4. The zero-order valence-corrected chi connectivity index (χ0v) is 11.8. The molecule has 0 aliphatic rings. The lowest BCUT2D eigenvalue weighted by molar-refractivity contribution is -0.114. The van der Waals surface area contributed by atoms with Crippen molar-refractivity contribution < 1.29 is 19.5 Å². The Bertz CT molecular complexity index is 723. The maximum Gasteiger partial charge on any atom is 0.337 e. The highest BCUT2D eigenvalue weighted by atomic mass is 16.4. The third kappa shape index (κ3) is 3.69. The van der Waals surface area contributed by atoms with Gasteiger partial charge in [0, 0.05) is 18.2 Å². The average Bonchev–Trinajstić information content (AvgIpc) is 2.47. The number of hydrogen-bond acceptors (Lipinski definition) is 3. The van der Waals surface area contributed by atoms with Gasteiger partial charge in [-0.2, -0.15) is 0 Å². The van der Waals surface area contributed by atoms with Crippen molar-refractivity contribution in [1.82, 2.24) is 0 Å². The van der Waals surface area contributed by atoms with Crippen LogP contribution in [0.15, 0.2) is 48.5 Å². The molecule has 0 atom stereocenters. The Labute approximate surface area is 126 Å². The summed E-state index contributed by atoms with van der Waals surface area (Å²) in [6, 6.07) is 12.4. The van der Waals surface area contributed by atoms with Gasteiger partial charge in [0.15, 0.2) is 0 Å². The number of aromatic carboxylic acids is 1. The molecule has 0 spiro atoms. The Morgan fingerprint density at radius 3 is 2.14 bits per heavy atom. The van der Waals surface area contributed by atoms with Gasteiger partial charge in [0.2, 0.25) is 5.91 Å². The van der Waals surface area contributed by atoms with E-state index in [1.54, 1.807) is 36.4 Å². The second-order valence-electron chi connectivity index (χ2n) is 4.56. The normalized spacial score (nSPS) is 9.86. The van der Waals surface area contributed by atoms with Crippen LogP contribution in [-0.2, 0) is 4.79 Å². The molecule has 112 valence electrons. The van der Waals surface area contributed by atoms with Crippen molar-refractivity contribution in [3.63, 3.8) is 0 Å². The van der Waals surface area contributed by atoms with Crippen molar-refractivity contribution in [2.24, 2.45) is 0 Å². The first-order chi connectivity index (χ1) is 10.5. The first-order valence-corrected chi connectivity index (χ1v) is 6.48. The molecule has 2 amide bonds. The number of para-hydroxylation sites is 1. The summed E-state index contributed by atoms with van der Waals surface area (Å²) in [6.45, 7) is 1.39. The summed E-state index contributed by atoms with van der Waals surface area (Å²) in [5.74, 6) is -1.74. The molecule has 6 heteroatoms. The lowest BCUT2D eigenvalue weighted by Crippen LogP contribution is -2.15. The third-order valence-electron chi connectivity index (χ3n) is 2.87. The van der Waals surface area contributed by atoms with Gasteiger partial charge in [0.25, 0.3) is 5.91 Å². The molecule has 6 nitrogen and oxygen atoms in total. The number of carbonyl (C=O) groups excluding carboxylic acids is 2.